The predicted octanol–water partition coefficient (Wildman–Crippen LogP) is 2.13. The van der Waals surface area contributed by atoms with Crippen LogP contribution in [0.5, 0.6) is 0 Å². The summed E-state index contributed by atoms with van der Waals surface area (Å²) in [6.07, 6.45) is 1.52. The van der Waals surface area contributed by atoms with Gasteiger partial charge in [-0.15, -0.1) is 0 Å². The van der Waals surface area contributed by atoms with Crippen LogP contribution >= 0.6 is 0 Å². The molecular formula is C24H25FN8O3. The number of imidazole rings is 1. The molecule has 1 aliphatic rings. The number of nitrogens with one attached hydrogen (secondary N) is 2. The van der Waals surface area contributed by atoms with Crippen LogP contribution in [0.2, 0.25) is 0 Å². The molecule has 5 rings (SSSR count). The van der Waals surface area contributed by atoms with Crippen LogP contribution in [0.15, 0.2) is 43.0 Å². The van der Waals surface area contributed by atoms with Crippen LogP contribution in [0, 0.1) is 12.7 Å². The van der Waals surface area contributed by atoms with Gasteiger partial charge in [-0.25, -0.2) is 19.3 Å². The number of carbonyl (C=O) groups excluding carboxylic acids is 1. The van der Waals surface area contributed by atoms with E-state index in [2.05, 4.69) is 35.6 Å². The number of fused-ring (bicyclic) bond motifs is 1. The van der Waals surface area contributed by atoms with Gasteiger partial charge in [0.2, 0.25) is 5.91 Å². The average Bonchev–Trinajstić information content (AvgIpc) is 3.46. The monoisotopic (exact) mass is 492 g/mol. The number of aliphatic hydroxyl groups excluding tert-OH is 1. The van der Waals surface area contributed by atoms with E-state index in [1.165, 1.54) is 18.6 Å². The Morgan fingerprint density at radius 3 is 2.92 bits per heavy atom. The highest BCUT2D eigenvalue weighted by Gasteiger charge is 2.39. The highest BCUT2D eigenvalue weighted by atomic mass is 19.1. The lowest BCUT2D eigenvalue weighted by atomic mass is 10.2. The minimum absolute atomic E-state index is 0.131. The second-order valence-electron chi connectivity index (χ2n) is 8.45. The number of aromatic nitrogens is 6. The number of hydrogen-bond acceptors (Lipinski definition) is 9. The van der Waals surface area contributed by atoms with Crippen molar-refractivity contribution in [2.24, 2.45) is 0 Å². The Kier molecular flexibility index (Phi) is 6.53. The van der Waals surface area contributed by atoms with Crippen LogP contribution in [0.25, 0.3) is 22.6 Å². The SMILES string of the molecule is CCNC(=O)[C@@H]1C[C@@H](O)[C@H](n2cnc3c(NCc4cccc(C)n4)nc(-c4cncc(F)c4)nc32)O1. The molecule has 0 spiro atoms. The average molecular weight is 493 g/mol. The number of carbonyl (C=O) groups is 1. The lowest BCUT2D eigenvalue weighted by Gasteiger charge is -2.17. The van der Waals surface area contributed by atoms with Gasteiger partial charge in [0.05, 0.1) is 24.8 Å². The minimum atomic E-state index is -0.961. The van der Waals surface area contributed by atoms with Gasteiger partial charge in [-0.3, -0.25) is 19.3 Å². The van der Waals surface area contributed by atoms with Crippen LogP contribution in [0.4, 0.5) is 10.2 Å². The summed E-state index contributed by atoms with van der Waals surface area (Å²) in [4.78, 5) is 34.3. The van der Waals surface area contributed by atoms with Crippen molar-refractivity contribution in [3.05, 3.63) is 60.2 Å². The quantitative estimate of drug-likeness (QED) is 0.354. The first-order chi connectivity index (χ1) is 17.4. The van der Waals surface area contributed by atoms with E-state index in [1.807, 2.05) is 32.0 Å². The van der Waals surface area contributed by atoms with E-state index in [4.69, 9.17) is 4.74 Å². The van der Waals surface area contributed by atoms with Gasteiger partial charge in [-0.1, -0.05) is 6.07 Å². The number of aliphatic hydroxyl groups is 1. The van der Waals surface area contributed by atoms with Crippen LogP contribution in [0.3, 0.4) is 0 Å². The fourth-order valence-electron chi connectivity index (χ4n) is 4.12. The number of nitrogens with zero attached hydrogens (tertiary/aromatic N) is 6. The van der Waals surface area contributed by atoms with Crippen LogP contribution in [0.1, 0.15) is 31.0 Å². The summed E-state index contributed by atoms with van der Waals surface area (Å²) in [7, 11) is 0. The molecule has 1 amide bonds. The lowest BCUT2D eigenvalue weighted by Crippen LogP contribution is -2.34. The third-order valence-corrected chi connectivity index (χ3v) is 5.77. The maximum absolute atomic E-state index is 13.9. The molecule has 1 aliphatic heterocycles. The van der Waals surface area contributed by atoms with Crippen LogP contribution in [-0.4, -0.2) is 59.3 Å². The smallest absolute Gasteiger partial charge is 0.249 e. The molecule has 0 unspecified atom stereocenters. The van der Waals surface area contributed by atoms with Crippen molar-refractivity contribution >= 4 is 22.9 Å². The number of likely N-dealkylation sites (N-methyl/N-ethyl adjacent to an activating group) is 1. The molecule has 186 valence electrons. The first-order valence-corrected chi connectivity index (χ1v) is 11.6. The highest BCUT2D eigenvalue weighted by molar-refractivity contribution is 5.85. The molecule has 12 heteroatoms. The second-order valence-corrected chi connectivity index (χ2v) is 8.45. The third-order valence-electron chi connectivity index (χ3n) is 5.77. The zero-order chi connectivity index (χ0) is 25.2. The normalized spacial score (nSPS) is 19.5. The predicted molar refractivity (Wildman–Crippen MR) is 128 cm³/mol. The second kappa shape index (κ2) is 9.91. The summed E-state index contributed by atoms with van der Waals surface area (Å²) in [5.41, 5.74) is 2.83. The maximum Gasteiger partial charge on any atom is 0.249 e. The molecule has 0 saturated carbocycles. The first kappa shape index (κ1) is 23.7. The molecule has 1 fully saturated rings. The first-order valence-electron chi connectivity index (χ1n) is 11.6. The summed E-state index contributed by atoms with van der Waals surface area (Å²) in [5, 5.41) is 16.6. The molecule has 36 heavy (non-hydrogen) atoms. The zero-order valence-corrected chi connectivity index (χ0v) is 19.7. The Labute approximate surface area is 205 Å². The number of anilines is 1. The van der Waals surface area contributed by atoms with Crippen molar-refractivity contribution < 1.29 is 19.0 Å². The Balaban J connectivity index is 1.54. The fraction of sp³-hybridized carbons (Fsp3) is 0.333. The van der Waals surface area contributed by atoms with Gasteiger partial charge in [-0.05, 0) is 32.0 Å². The van der Waals surface area contributed by atoms with Crippen molar-refractivity contribution in [2.75, 3.05) is 11.9 Å². The van der Waals surface area contributed by atoms with Crippen molar-refractivity contribution in [3.63, 3.8) is 0 Å². The van der Waals surface area contributed by atoms with Crippen molar-refractivity contribution in [1.82, 2.24) is 34.8 Å². The summed E-state index contributed by atoms with van der Waals surface area (Å²) in [6.45, 7) is 4.54. The summed E-state index contributed by atoms with van der Waals surface area (Å²) >= 11 is 0. The molecule has 4 aromatic heterocycles. The van der Waals surface area contributed by atoms with Crippen molar-refractivity contribution in [1.29, 1.82) is 0 Å². The summed E-state index contributed by atoms with van der Waals surface area (Å²) in [6, 6.07) is 6.99. The molecular weight excluding hydrogens is 467 g/mol. The van der Waals surface area contributed by atoms with E-state index in [1.54, 1.807) is 4.57 Å². The minimum Gasteiger partial charge on any atom is -0.388 e. The lowest BCUT2D eigenvalue weighted by molar-refractivity contribution is -0.134. The van der Waals surface area contributed by atoms with Gasteiger partial charge < -0.3 is 20.5 Å². The Hall–Kier alpha value is -4.03. The third kappa shape index (κ3) is 4.72. The molecule has 5 heterocycles. The number of hydrogen-bond donors (Lipinski definition) is 3. The van der Waals surface area contributed by atoms with Crippen LogP contribution < -0.4 is 10.6 Å². The molecule has 0 bridgehead atoms. The molecule has 3 N–H and O–H groups in total. The topological polar surface area (TPSA) is 140 Å². The molecule has 0 aliphatic carbocycles. The standard InChI is InChI=1S/C24H25FN8O3/c1-3-27-23(35)18-8-17(34)24(36-18)33-12-29-19-21(28-11-16-6-4-5-13(2)30-16)31-20(32-22(19)33)14-7-15(25)10-26-9-14/h4-7,9-10,12,17-18,24,34H,3,8,11H2,1-2H3,(H,27,35)(H,28,31,32)/t17-,18+,24-/m1/s1. The van der Waals surface area contributed by atoms with Crippen molar-refractivity contribution in [2.45, 2.75) is 45.2 Å². The van der Waals surface area contributed by atoms with E-state index < -0.39 is 24.3 Å². The fourth-order valence-corrected chi connectivity index (χ4v) is 4.12. The number of ether oxygens (including phenoxy) is 1. The largest absolute Gasteiger partial charge is 0.388 e. The highest BCUT2D eigenvalue weighted by Crippen LogP contribution is 2.33. The van der Waals surface area contributed by atoms with Crippen molar-refractivity contribution in [3.8, 4) is 11.4 Å². The Morgan fingerprint density at radius 2 is 2.14 bits per heavy atom. The van der Waals surface area contributed by atoms with Gasteiger partial charge in [0.25, 0.3) is 0 Å². The van der Waals surface area contributed by atoms with E-state index in [-0.39, 0.29) is 18.2 Å². The number of aryl methyl sites for hydroxylation is 1. The number of halogens is 1. The molecule has 4 aromatic rings. The summed E-state index contributed by atoms with van der Waals surface area (Å²) in [5.74, 6) is -0.210. The molecule has 3 atom stereocenters. The summed E-state index contributed by atoms with van der Waals surface area (Å²) < 4.78 is 21.4. The van der Waals surface area contributed by atoms with Gasteiger partial charge >= 0.3 is 0 Å². The van der Waals surface area contributed by atoms with E-state index in [0.717, 1.165) is 17.6 Å². The van der Waals surface area contributed by atoms with Gasteiger partial charge in [0.15, 0.2) is 29.0 Å². The number of rotatable bonds is 7. The Bertz CT molecular complexity index is 1410. The van der Waals surface area contributed by atoms with Gasteiger partial charge in [0, 0.05) is 30.4 Å². The van der Waals surface area contributed by atoms with E-state index in [9.17, 15) is 14.3 Å². The molecule has 0 aromatic carbocycles. The van der Waals surface area contributed by atoms with Gasteiger partial charge in [0.1, 0.15) is 18.0 Å². The zero-order valence-electron chi connectivity index (χ0n) is 19.7. The Morgan fingerprint density at radius 1 is 1.28 bits per heavy atom. The molecule has 1 saturated heterocycles. The number of amides is 1. The van der Waals surface area contributed by atoms with Gasteiger partial charge in [-0.2, -0.15) is 0 Å². The van der Waals surface area contributed by atoms with Crippen LogP contribution in [-0.2, 0) is 16.1 Å². The number of pyridine rings is 2. The molecule has 11 nitrogen and oxygen atoms in total. The van der Waals surface area contributed by atoms with E-state index in [0.29, 0.717) is 35.6 Å². The molecule has 0 radical (unpaired) electrons. The maximum atomic E-state index is 13.9. The van der Waals surface area contributed by atoms with E-state index >= 15 is 0 Å².